The van der Waals surface area contributed by atoms with E-state index in [1.165, 1.54) is 24.3 Å². The molecule has 0 saturated carbocycles. The van der Waals surface area contributed by atoms with Gasteiger partial charge < -0.3 is 15.5 Å². The van der Waals surface area contributed by atoms with Gasteiger partial charge in [-0.2, -0.15) is 0 Å². The zero-order valence-corrected chi connectivity index (χ0v) is 8.80. The molecule has 0 heterocycles. The second-order valence-corrected chi connectivity index (χ2v) is 3.34. The van der Waals surface area contributed by atoms with Crippen LogP contribution in [0.5, 0.6) is 5.75 Å². The monoisotopic (exact) mass is 223 g/mol. The molecule has 5 nitrogen and oxygen atoms in total. The van der Waals surface area contributed by atoms with E-state index in [9.17, 15) is 9.59 Å². The number of carbonyl (C=O) groups is 2. The fraction of sp³-hybridized carbons (Fsp3) is 0.273. The number of anilines is 1. The van der Waals surface area contributed by atoms with Crippen molar-refractivity contribution in [2.75, 3.05) is 5.32 Å². The quantitative estimate of drug-likeness (QED) is 0.532. The number of amides is 1. The Bertz CT molecular complexity index is 385. The maximum atomic E-state index is 11.5. The Morgan fingerprint density at radius 3 is 2.31 bits per heavy atom. The Hall–Kier alpha value is -2.04. The van der Waals surface area contributed by atoms with E-state index in [1.807, 2.05) is 0 Å². The number of carbonyl (C=O) groups excluding carboxylic acids is 1. The normalized spacial score (nSPS) is 11.8. The molecule has 0 aliphatic carbocycles. The molecule has 1 atom stereocenters. The van der Waals surface area contributed by atoms with E-state index in [4.69, 9.17) is 10.2 Å². The van der Waals surface area contributed by atoms with E-state index in [1.54, 1.807) is 6.92 Å². The molecule has 1 rings (SSSR count). The highest BCUT2D eigenvalue weighted by Crippen LogP contribution is 2.15. The lowest BCUT2D eigenvalue weighted by atomic mass is 10.1. The lowest BCUT2D eigenvalue weighted by molar-refractivity contribution is -0.145. The zero-order chi connectivity index (χ0) is 12.1. The first-order valence-electron chi connectivity index (χ1n) is 4.87. The average Bonchev–Trinajstić information content (AvgIpc) is 2.22. The number of rotatable bonds is 4. The molecule has 0 aliphatic heterocycles. The first kappa shape index (κ1) is 12.0. The van der Waals surface area contributed by atoms with Crippen molar-refractivity contribution in [3.8, 4) is 5.75 Å². The third kappa shape index (κ3) is 2.98. The summed E-state index contributed by atoms with van der Waals surface area (Å²) in [4.78, 5) is 22.2. The van der Waals surface area contributed by atoms with Crippen LogP contribution >= 0.6 is 0 Å². The van der Waals surface area contributed by atoms with E-state index in [0.717, 1.165) is 0 Å². The van der Waals surface area contributed by atoms with E-state index in [2.05, 4.69) is 5.32 Å². The molecule has 86 valence electrons. The Kier molecular flexibility index (Phi) is 3.88. The van der Waals surface area contributed by atoms with Gasteiger partial charge in [0.05, 0.1) is 0 Å². The number of phenols is 1. The standard InChI is InChI=1S/C11H13NO4/c1-2-9(11(15)16)10(14)12-7-3-5-8(13)6-4-7/h3-6,9,13H,2H2,1H3,(H,12,14)(H,15,16). The number of nitrogens with one attached hydrogen (secondary N) is 1. The predicted octanol–water partition coefficient (Wildman–Crippen LogP) is 1.44. The predicted molar refractivity (Wildman–Crippen MR) is 58.2 cm³/mol. The molecular formula is C11H13NO4. The minimum Gasteiger partial charge on any atom is -0.508 e. The molecule has 0 aromatic heterocycles. The first-order chi connectivity index (χ1) is 7.54. The van der Waals surface area contributed by atoms with Crippen molar-refractivity contribution in [1.29, 1.82) is 0 Å². The molecule has 1 unspecified atom stereocenters. The molecule has 16 heavy (non-hydrogen) atoms. The van der Waals surface area contributed by atoms with Crippen molar-refractivity contribution in [3.63, 3.8) is 0 Å². The van der Waals surface area contributed by atoms with Crippen LogP contribution in [0, 0.1) is 5.92 Å². The number of carboxylic acids is 1. The number of hydrogen-bond donors (Lipinski definition) is 3. The van der Waals surface area contributed by atoms with Crippen molar-refractivity contribution in [2.45, 2.75) is 13.3 Å². The summed E-state index contributed by atoms with van der Waals surface area (Å²) >= 11 is 0. The maximum Gasteiger partial charge on any atom is 0.316 e. The van der Waals surface area contributed by atoms with Gasteiger partial charge in [0.2, 0.25) is 5.91 Å². The number of phenolic OH excluding ortho intramolecular Hbond substituents is 1. The average molecular weight is 223 g/mol. The Labute approximate surface area is 92.7 Å². The highest BCUT2D eigenvalue weighted by Gasteiger charge is 2.23. The number of carboxylic acid groups (broad SMARTS) is 1. The molecule has 0 radical (unpaired) electrons. The number of aliphatic carboxylic acids is 1. The summed E-state index contributed by atoms with van der Waals surface area (Å²) in [6, 6.07) is 5.83. The lowest BCUT2D eigenvalue weighted by Gasteiger charge is -2.10. The molecule has 0 bridgehead atoms. The van der Waals surface area contributed by atoms with E-state index in [-0.39, 0.29) is 12.2 Å². The number of aromatic hydroxyl groups is 1. The highest BCUT2D eigenvalue weighted by atomic mass is 16.4. The summed E-state index contributed by atoms with van der Waals surface area (Å²) in [5.41, 5.74) is 0.461. The van der Waals surface area contributed by atoms with Crippen LogP contribution < -0.4 is 5.32 Å². The van der Waals surface area contributed by atoms with E-state index in [0.29, 0.717) is 5.69 Å². The molecule has 0 aliphatic rings. The topological polar surface area (TPSA) is 86.6 Å². The number of hydrogen-bond acceptors (Lipinski definition) is 3. The lowest BCUT2D eigenvalue weighted by Crippen LogP contribution is -2.28. The molecule has 3 N–H and O–H groups in total. The van der Waals surface area contributed by atoms with E-state index < -0.39 is 17.8 Å². The van der Waals surface area contributed by atoms with Crippen LogP contribution in [-0.4, -0.2) is 22.1 Å². The van der Waals surface area contributed by atoms with Gasteiger partial charge in [0.1, 0.15) is 11.7 Å². The summed E-state index contributed by atoms with van der Waals surface area (Å²) in [6.45, 7) is 1.63. The van der Waals surface area contributed by atoms with Gasteiger partial charge >= 0.3 is 5.97 Å². The van der Waals surface area contributed by atoms with Crippen molar-refractivity contribution in [3.05, 3.63) is 24.3 Å². The molecule has 0 fully saturated rings. The van der Waals surface area contributed by atoms with Gasteiger partial charge in [0, 0.05) is 5.69 Å². The Morgan fingerprint density at radius 2 is 1.88 bits per heavy atom. The van der Waals surface area contributed by atoms with Gasteiger partial charge in [0.25, 0.3) is 0 Å². The summed E-state index contributed by atoms with van der Waals surface area (Å²) in [6.07, 6.45) is 0.235. The van der Waals surface area contributed by atoms with Crippen LogP contribution in [0.4, 0.5) is 5.69 Å². The van der Waals surface area contributed by atoms with Gasteiger partial charge in [-0.05, 0) is 30.7 Å². The third-order valence-corrected chi connectivity index (χ3v) is 2.16. The molecule has 0 spiro atoms. The van der Waals surface area contributed by atoms with Crippen LogP contribution in [0.1, 0.15) is 13.3 Å². The first-order valence-corrected chi connectivity index (χ1v) is 4.87. The number of benzene rings is 1. The van der Waals surface area contributed by atoms with Crippen LogP contribution in [0.25, 0.3) is 0 Å². The Morgan fingerprint density at radius 1 is 1.31 bits per heavy atom. The smallest absolute Gasteiger partial charge is 0.316 e. The van der Waals surface area contributed by atoms with Crippen LogP contribution in [0.2, 0.25) is 0 Å². The van der Waals surface area contributed by atoms with Gasteiger partial charge in [-0.15, -0.1) is 0 Å². The van der Waals surface area contributed by atoms with E-state index >= 15 is 0 Å². The summed E-state index contributed by atoms with van der Waals surface area (Å²) in [5, 5.41) is 20.3. The third-order valence-electron chi connectivity index (χ3n) is 2.16. The van der Waals surface area contributed by atoms with Gasteiger partial charge in [-0.3, -0.25) is 9.59 Å². The van der Waals surface area contributed by atoms with Gasteiger partial charge in [-0.25, -0.2) is 0 Å². The second kappa shape index (κ2) is 5.16. The van der Waals surface area contributed by atoms with Crippen molar-refractivity contribution < 1.29 is 19.8 Å². The van der Waals surface area contributed by atoms with Crippen LogP contribution in [0.3, 0.4) is 0 Å². The molecular weight excluding hydrogens is 210 g/mol. The minimum atomic E-state index is -1.14. The fourth-order valence-electron chi connectivity index (χ4n) is 1.25. The highest BCUT2D eigenvalue weighted by molar-refractivity contribution is 6.04. The molecule has 1 amide bonds. The maximum absolute atomic E-state index is 11.5. The van der Waals surface area contributed by atoms with Crippen molar-refractivity contribution >= 4 is 17.6 Å². The Balaban J connectivity index is 2.70. The summed E-state index contributed by atoms with van der Waals surface area (Å²) < 4.78 is 0. The molecule has 0 saturated heterocycles. The van der Waals surface area contributed by atoms with Crippen molar-refractivity contribution in [2.24, 2.45) is 5.92 Å². The fourth-order valence-corrected chi connectivity index (χ4v) is 1.25. The largest absolute Gasteiger partial charge is 0.508 e. The second-order valence-electron chi connectivity index (χ2n) is 3.34. The molecule has 5 heteroatoms. The zero-order valence-electron chi connectivity index (χ0n) is 8.80. The summed E-state index contributed by atoms with van der Waals surface area (Å²) in [7, 11) is 0. The summed E-state index contributed by atoms with van der Waals surface area (Å²) in [5.74, 6) is -2.66. The van der Waals surface area contributed by atoms with Gasteiger partial charge in [-0.1, -0.05) is 6.92 Å². The molecule has 1 aromatic rings. The van der Waals surface area contributed by atoms with Crippen LogP contribution in [-0.2, 0) is 9.59 Å². The SMILES string of the molecule is CCC(C(=O)O)C(=O)Nc1ccc(O)cc1. The minimum absolute atomic E-state index is 0.0864. The van der Waals surface area contributed by atoms with Crippen LogP contribution in [0.15, 0.2) is 24.3 Å². The van der Waals surface area contributed by atoms with Gasteiger partial charge in [0.15, 0.2) is 0 Å². The van der Waals surface area contributed by atoms with Crippen molar-refractivity contribution in [1.82, 2.24) is 0 Å². The molecule has 1 aromatic carbocycles.